The Labute approximate surface area is 173 Å². The second kappa shape index (κ2) is 7.50. The van der Waals surface area contributed by atoms with Gasteiger partial charge in [0.15, 0.2) is 11.5 Å². The molecule has 8 heteroatoms. The lowest BCUT2D eigenvalue weighted by Gasteiger charge is -2.32. The van der Waals surface area contributed by atoms with E-state index in [1.807, 2.05) is 28.8 Å². The average molecular weight is 417 g/mol. The van der Waals surface area contributed by atoms with E-state index < -0.39 is 0 Å². The normalized spacial score (nSPS) is 18.6. The average Bonchev–Trinajstić information content (AvgIpc) is 3.42. The highest BCUT2D eigenvalue weighted by Gasteiger charge is 2.29. The van der Waals surface area contributed by atoms with Crippen LogP contribution in [0.1, 0.15) is 43.0 Å². The van der Waals surface area contributed by atoms with Crippen molar-refractivity contribution in [2.24, 2.45) is 0 Å². The predicted octanol–water partition coefficient (Wildman–Crippen LogP) is 4.39. The molecule has 0 spiro atoms. The number of anilines is 1. The van der Waals surface area contributed by atoms with Crippen LogP contribution >= 0.6 is 23.2 Å². The van der Waals surface area contributed by atoms with E-state index >= 15 is 0 Å². The fraction of sp³-hybridized carbons (Fsp3) is 0.450. The van der Waals surface area contributed by atoms with Crippen LogP contribution in [0, 0.1) is 0 Å². The number of halogens is 2. The summed E-state index contributed by atoms with van der Waals surface area (Å²) in [6.45, 7) is 2.94. The Balaban J connectivity index is 1.20. The zero-order valence-electron chi connectivity index (χ0n) is 15.5. The van der Waals surface area contributed by atoms with E-state index in [0.717, 1.165) is 55.3 Å². The van der Waals surface area contributed by atoms with Gasteiger partial charge in [0.1, 0.15) is 5.82 Å². The molecule has 146 valence electrons. The third-order valence-electron chi connectivity index (χ3n) is 5.50. The molecule has 0 radical (unpaired) electrons. The molecule has 1 aliphatic carbocycles. The standard InChI is InChI=1S/C20H22Cl2N6/c21-15-9-13(10-16(22)11-15)12-27-7-5-17(6-8-27)23-18-3-4-19-24-25-20(14-1-2-14)28(19)26-18/h3-4,9-11,14,17H,1-2,5-8,12H2,(H,23,26). The minimum Gasteiger partial charge on any atom is -0.366 e. The topological polar surface area (TPSA) is 58.3 Å². The van der Waals surface area contributed by atoms with Gasteiger partial charge in [-0.2, -0.15) is 4.52 Å². The molecule has 1 saturated heterocycles. The Morgan fingerprint density at radius 2 is 1.71 bits per heavy atom. The Morgan fingerprint density at radius 3 is 2.43 bits per heavy atom. The van der Waals surface area contributed by atoms with Gasteiger partial charge in [0, 0.05) is 41.6 Å². The van der Waals surface area contributed by atoms with Crippen molar-refractivity contribution in [2.75, 3.05) is 18.4 Å². The summed E-state index contributed by atoms with van der Waals surface area (Å²) in [4.78, 5) is 2.45. The molecule has 0 unspecified atom stereocenters. The van der Waals surface area contributed by atoms with Crippen molar-refractivity contribution in [1.82, 2.24) is 24.7 Å². The van der Waals surface area contributed by atoms with Gasteiger partial charge in [0.2, 0.25) is 0 Å². The summed E-state index contributed by atoms with van der Waals surface area (Å²) in [6.07, 6.45) is 4.53. The van der Waals surface area contributed by atoms with Crippen LogP contribution in [0.5, 0.6) is 0 Å². The first kappa shape index (κ1) is 18.2. The van der Waals surface area contributed by atoms with Gasteiger partial charge in [-0.05, 0) is 61.6 Å². The molecule has 2 fully saturated rings. The molecule has 3 aromatic rings. The van der Waals surface area contributed by atoms with Crippen molar-refractivity contribution in [3.05, 3.63) is 51.8 Å². The molecule has 3 heterocycles. The van der Waals surface area contributed by atoms with Crippen molar-refractivity contribution < 1.29 is 0 Å². The maximum absolute atomic E-state index is 6.12. The second-order valence-electron chi connectivity index (χ2n) is 7.79. The van der Waals surface area contributed by atoms with Crippen molar-refractivity contribution in [2.45, 2.75) is 44.2 Å². The van der Waals surface area contributed by atoms with Crippen molar-refractivity contribution in [1.29, 1.82) is 0 Å². The Bertz CT molecular complexity index is 971. The lowest BCUT2D eigenvalue weighted by Crippen LogP contribution is -2.38. The van der Waals surface area contributed by atoms with Crippen LogP contribution in [0.15, 0.2) is 30.3 Å². The molecular weight excluding hydrogens is 395 g/mol. The number of nitrogens with zero attached hydrogens (tertiary/aromatic N) is 5. The first-order valence-electron chi connectivity index (χ1n) is 9.80. The molecule has 1 N–H and O–H groups in total. The summed E-state index contributed by atoms with van der Waals surface area (Å²) in [5.41, 5.74) is 1.98. The van der Waals surface area contributed by atoms with Crippen molar-refractivity contribution in [3.8, 4) is 0 Å². The highest BCUT2D eigenvalue weighted by molar-refractivity contribution is 6.34. The maximum Gasteiger partial charge on any atom is 0.178 e. The first-order valence-corrected chi connectivity index (χ1v) is 10.6. The molecule has 0 amide bonds. The number of rotatable bonds is 5. The van der Waals surface area contributed by atoms with Gasteiger partial charge in [-0.25, -0.2) is 0 Å². The summed E-state index contributed by atoms with van der Waals surface area (Å²) >= 11 is 12.2. The third kappa shape index (κ3) is 3.95. The molecule has 28 heavy (non-hydrogen) atoms. The number of fused-ring (bicyclic) bond motifs is 1. The number of piperidine rings is 1. The molecule has 1 saturated carbocycles. The Morgan fingerprint density at radius 1 is 0.964 bits per heavy atom. The van der Waals surface area contributed by atoms with Gasteiger partial charge in [0.25, 0.3) is 0 Å². The largest absolute Gasteiger partial charge is 0.366 e. The number of nitrogens with one attached hydrogen (secondary N) is 1. The second-order valence-corrected chi connectivity index (χ2v) is 8.67. The number of hydrogen-bond donors (Lipinski definition) is 1. The van der Waals surface area contributed by atoms with Crippen LogP contribution in [-0.4, -0.2) is 43.8 Å². The molecule has 5 rings (SSSR count). The smallest absolute Gasteiger partial charge is 0.178 e. The van der Waals surface area contributed by atoms with E-state index in [9.17, 15) is 0 Å². The van der Waals surface area contributed by atoms with Crippen LogP contribution in [-0.2, 0) is 6.54 Å². The summed E-state index contributed by atoms with van der Waals surface area (Å²) in [7, 11) is 0. The van der Waals surface area contributed by atoms with Crippen LogP contribution in [0.4, 0.5) is 5.82 Å². The zero-order chi connectivity index (χ0) is 19.1. The lowest BCUT2D eigenvalue weighted by molar-refractivity contribution is 0.211. The van der Waals surface area contributed by atoms with E-state index in [0.29, 0.717) is 22.0 Å². The van der Waals surface area contributed by atoms with Gasteiger partial charge >= 0.3 is 0 Å². The van der Waals surface area contributed by atoms with E-state index in [-0.39, 0.29) is 0 Å². The molecule has 2 aliphatic rings. The highest BCUT2D eigenvalue weighted by Crippen LogP contribution is 2.38. The molecule has 0 bridgehead atoms. The van der Waals surface area contributed by atoms with Gasteiger partial charge in [-0.1, -0.05) is 23.2 Å². The highest BCUT2D eigenvalue weighted by atomic mass is 35.5. The summed E-state index contributed by atoms with van der Waals surface area (Å²) < 4.78 is 1.90. The van der Waals surface area contributed by atoms with E-state index in [1.54, 1.807) is 6.07 Å². The maximum atomic E-state index is 6.12. The summed E-state index contributed by atoms with van der Waals surface area (Å²) in [5.74, 6) is 2.42. The number of aromatic nitrogens is 4. The lowest BCUT2D eigenvalue weighted by atomic mass is 10.0. The van der Waals surface area contributed by atoms with Crippen LogP contribution < -0.4 is 5.32 Å². The molecule has 6 nitrogen and oxygen atoms in total. The third-order valence-corrected chi connectivity index (χ3v) is 5.93. The fourth-order valence-corrected chi connectivity index (χ4v) is 4.45. The fourth-order valence-electron chi connectivity index (χ4n) is 3.88. The van der Waals surface area contributed by atoms with E-state index in [1.165, 1.54) is 12.8 Å². The Hall–Kier alpha value is -1.89. The van der Waals surface area contributed by atoms with Crippen molar-refractivity contribution >= 4 is 34.7 Å². The van der Waals surface area contributed by atoms with Gasteiger partial charge in [-0.3, -0.25) is 4.90 Å². The molecular formula is C20H22Cl2N6. The number of likely N-dealkylation sites (tertiary alicyclic amines) is 1. The van der Waals surface area contributed by atoms with E-state index in [4.69, 9.17) is 28.3 Å². The quantitative estimate of drug-likeness (QED) is 0.668. The van der Waals surface area contributed by atoms with Crippen LogP contribution in [0.25, 0.3) is 5.65 Å². The van der Waals surface area contributed by atoms with Crippen LogP contribution in [0.3, 0.4) is 0 Å². The van der Waals surface area contributed by atoms with Gasteiger partial charge in [-0.15, -0.1) is 15.3 Å². The monoisotopic (exact) mass is 416 g/mol. The predicted molar refractivity (Wildman–Crippen MR) is 111 cm³/mol. The minimum absolute atomic E-state index is 0.421. The van der Waals surface area contributed by atoms with Gasteiger partial charge < -0.3 is 5.32 Å². The zero-order valence-corrected chi connectivity index (χ0v) is 17.0. The molecule has 1 aromatic carbocycles. The molecule has 0 atom stereocenters. The van der Waals surface area contributed by atoms with Crippen molar-refractivity contribution in [3.63, 3.8) is 0 Å². The number of benzene rings is 1. The minimum atomic E-state index is 0.421. The SMILES string of the molecule is Clc1cc(Cl)cc(CN2CCC(Nc3ccc4nnc(C5CC5)n4n3)CC2)c1. The summed E-state index contributed by atoms with van der Waals surface area (Å²) in [5, 5.41) is 18.3. The first-order chi connectivity index (χ1) is 13.6. The summed E-state index contributed by atoms with van der Waals surface area (Å²) in [6, 6.07) is 10.2. The molecule has 2 aromatic heterocycles. The van der Waals surface area contributed by atoms with E-state index in [2.05, 4.69) is 20.4 Å². The van der Waals surface area contributed by atoms with Crippen LogP contribution in [0.2, 0.25) is 10.0 Å². The number of hydrogen-bond acceptors (Lipinski definition) is 5. The molecule has 1 aliphatic heterocycles. The Kier molecular flexibility index (Phi) is 4.87. The van der Waals surface area contributed by atoms with Gasteiger partial charge in [0.05, 0.1) is 0 Å².